The first-order valence-electron chi connectivity index (χ1n) is 3.38. The Hall–Kier alpha value is -0.850. The van der Waals surface area contributed by atoms with Crippen LogP contribution in [-0.2, 0) is 0 Å². The van der Waals surface area contributed by atoms with Gasteiger partial charge in [0.2, 0.25) is 5.65 Å². The van der Waals surface area contributed by atoms with Crippen LogP contribution >= 0.6 is 22.6 Å². The number of hydrogen-bond acceptors (Lipinski definition) is 4. The van der Waals surface area contributed by atoms with E-state index >= 15 is 0 Å². The van der Waals surface area contributed by atoms with Gasteiger partial charge in [-0.3, -0.25) is 0 Å². The zero-order valence-electron chi connectivity index (χ0n) is 6.32. The molecule has 0 spiro atoms. The molecule has 4 nitrogen and oxygen atoms in total. The van der Waals surface area contributed by atoms with Gasteiger partial charge in [-0.15, -0.1) is 15.3 Å². The Morgan fingerprint density at radius 3 is 2.92 bits per heavy atom. The summed E-state index contributed by atoms with van der Waals surface area (Å²) < 4.78 is 0.871. The predicted octanol–water partition coefficient (Wildman–Crippen LogP) is 1.33. The number of hydrogen-bond donors (Lipinski definition) is 0. The molecule has 0 saturated heterocycles. The van der Waals surface area contributed by atoms with E-state index in [1.54, 1.807) is 6.20 Å². The molecule has 0 aliphatic carbocycles. The van der Waals surface area contributed by atoms with E-state index < -0.39 is 0 Å². The zero-order valence-corrected chi connectivity index (χ0v) is 8.48. The van der Waals surface area contributed by atoms with E-state index in [0.717, 1.165) is 14.7 Å². The second-order valence-electron chi connectivity index (χ2n) is 2.43. The zero-order chi connectivity index (χ0) is 8.55. The molecule has 0 aromatic carbocycles. The summed E-state index contributed by atoms with van der Waals surface area (Å²) in [6.07, 6.45) is 1.72. The van der Waals surface area contributed by atoms with Crippen molar-refractivity contribution in [3.05, 3.63) is 21.5 Å². The highest BCUT2D eigenvalue weighted by Crippen LogP contribution is 2.13. The first-order chi connectivity index (χ1) is 5.77. The van der Waals surface area contributed by atoms with Gasteiger partial charge in [0.05, 0.1) is 6.20 Å². The molecule has 2 aromatic rings. The molecule has 60 valence electrons. The quantitative estimate of drug-likeness (QED) is 0.679. The van der Waals surface area contributed by atoms with Crippen LogP contribution in [0.25, 0.3) is 11.0 Å². The fourth-order valence-electron chi connectivity index (χ4n) is 0.965. The van der Waals surface area contributed by atoms with Crippen LogP contribution in [0.4, 0.5) is 0 Å². The lowest BCUT2D eigenvalue weighted by Gasteiger charge is -1.97. The van der Waals surface area contributed by atoms with Crippen LogP contribution in [-0.4, -0.2) is 20.4 Å². The molecule has 2 rings (SSSR count). The second-order valence-corrected chi connectivity index (χ2v) is 3.54. The molecule has 0 aliphatic rings. The van der Waals surface area contributed by atoms with Crippen molar-refractivity contribution in [1.29, 1.82) is 0 Å². The molecule has 0 atom stereocenters. The third-order valence-electron chi connectivity index (χ3n) is 1.57. The van der Waals surface area contributed by atoms with Crippen molar-refractivity contribution >= 4 is 33.6 Å². The maximum atomic E-state index is 3.91. The number of nitrogens with zero attached hydrogens (tertiary/aromatic N) is 4. The molecule has 0 amide bonds. The highest BCUT2D eigenvalue weighted by Gasteiger charge is 2.00. The molecule has 5 heteroatoms. The summed E-state index contributed by atoms with van der Waals surface area (Å²) >= 11 is 2.12. The van der Waals surface area contributed by atoms with Crippen LogP contribution in [0.15, 0.2) is 12.3 Å². The maximum Gasteiger partial charge on any atom is 0.203 e. The van der Waals surface area contributed by atoms with Crippen LogP contribution in [0.2, 0.25) is 0 Å². The lowest BCUT2D eigenvalue weighted by Crippen LogP contribution is -1.93. The molecule has 0 aliphatic heterocycles. The Morgan fingerprint density at radius 2 is 2.08 bits per heavy atom. The van der Waals surface area contributed by atoms with Crippen molar-refractivity contribution in [2.24, 2.45) is 0 Å². The number of halogens is 1. The Kier molecular flexibility index (Phi) is 1.87. The molecular formula is C7H5IN4. The van der Waals surface area contributed by atoms with Crippen LogP contribution in [0, 0.1) is 10.6 Å². The molecule has 0 N–H and O–H groups in total. The molecule has 0 bridgehead atoms. The van der Waals surface area contributed by atoms with E-state index in [4.69, 9.17) is 0 Å². The number of fused-ring (bicyclic) bond motifs is 1. The van der Waals surface area contributed by atoms with E-state index in [0.29, 0.717) is 5.65 Å². The second kappa shape index (κ2) is 2.89. The normalized spacial score (nSPS) is 10.5. The molecule has 0 fully saturated rings. The average molecular weight is 272 g/mol. The molecule has 2 aromatic heterocycles. The van der Waals surface area contributed by atoms with Crippen molar-refractivity contribution in [3.63, 3.8) is 0 Å². The molecule has 2 heterocycles. The van der Waals surface area contributed by atoms with Gasteiger partial charge in [0.25, 0.3) is 0 Å². The van der Waals surface area contributed by atoms with Crippen molar-refractivity contribution in [1.82, 2.24) is 20.4 Å². The highest BCUT2D eigenvalue weighted by atomic mass is 127. The third-order valence-corrected chi connectivity index (χ3v) is 2.10. The Balaban J connectivity index is 2.88. The minimum Gasteiger partial charge on any atom is -0.157 e. The summed E-state index contributed by atoms with van der Waals surface area (Å²) in [4.78, 5) is 0. The van der Waals surface area contributed by atoms with Gasteiger partial charge in [-0.2, -0.15) is 5.10 Å². The van der Waals surface area contributed by atoms with E-state index in [1.165, 1.54) is 0 Å². The van der Waals surface area contributed by atoms with Crippen molar-refractivity contribution in [2.75, 3.05) is 0 Å². The number of aryl methyl sites for hydroxylation is 1. The third kappa shape index (κ3) is 1.24. The van der Waals surface area contributed by atoms with Crippen LogP contribution in [0.3, 0.4) is 0 Å². The van der Waals surface area contributed by atoms with Crippen molar-refractivity contribution in [3.8, 4) is 0 Å². The van der Waals surface area contributed by atoms with Crippen LogP contribution in [0.1, 0.15) is 5.56 Å². The van der Waals surface area contributed by atoms with Gasteiger partial charge < -0.3 is 0 Å². The van der Waals surface area contributed by atoms with Gasteiger partial charge in [-0.05, 0) is 41.1 Å². The topological polar surface area (TPSA) is 51.6 Å². The molecule has 12 heavy (non-hydrogen) atoms. The summed E-state index contributed by atoms with van der Waals surface area (Å²) in [7, 11) is 0. The molecule has 0 saturated carbocycles. The van der Waals surface area contributed by atoms with E-state index in [-0.39, 0.29) is 0 Å². The average Bonchev–Trinajstić information content (AvgIpc) is 2.07. The van der Waals surface area contributed by atoms with E-state index in [9.17, 15) is 0 Å². The molecule has 0 unspecified atom stereocenters. The highest BCUT2D eigenvalue weighted by molar-refractivity contribution is 14.1. The van der Waals surface area contributed by atoms with Crippen molar-refractivity contribution < 1.29 is 0 Å². The summed E-state index contributed by atoms with van der Waals surface area (Å²) in [6.45, 7) is 1.98. The van der Waals surface area contributed by atoms with E-state index in [1.807, 2.05) is 13.0 Å². The summed E-state index contributed by atoms with van der Waals surface area (Å²) in [6, 6.07) is 1.95. The first kappa shape index (κ1) is 7.78. The fraction of sp³-hybridized carbons (Fsp3) is 0.143. The van der Waals surface area contributed by atoms with Crippen LogP contribution in [0.5, 0.6) is 0 Å². The van der Waals surface area contributed by atoms with Crippen molar-refractivity contribution in [2.45, 2.75) is 6.92 Å². The minimum atomic E-state index is 0.607. The largest absolute Gasteiger partial charge is 0.203 e. The predicted molar refractivity (Wildman–Crippen MR) is 52.6 cm³/mol. The van der Waals surface area contributed by atoms with Crippen LogP contribution < -0.4 is 0 Å². The summed E-state index contributed by atoms with van der Waals surface area (Å²) in [5.41, 5.74) is 1.68. The van der Waals surface area contributed by atoms with Gasteiger partial charge in [-0.1, -0.05) is 0 Å². The maximum absolute atomic E-state index is 3.91. The van der Waals surface area contributed by atoms with Gasteiger partial charge in [0.1, 0.15) is 3.70 Å². The Morgan fingerprint density at radius 1 is 1.25 bits per heavy atom. The lowest BCUT2D eigenvalue weighted by molar-refractivity contribution is 0.967. The molecular weight excluding hydrogens is 267 g/mol. The van der Waals surface area contributed by atoms with Gasteiger partial charge in [0, 0.05) is 5.39 Å². The fourth-order valence-corrected chi connectivity index (χ4v) is 1.38. The lowest BCUT2D eigenvalue weighted by atomic mass is 10.2. The minimum absolute atomic E-state index is 0.607. The number of rotatable bonds is 0. The standard InChI is InChI=1S/C7H5IN4/c1-4-3-9-11-7-5(4)2-6(8)10-12-7/h2-3H,1H3. The van der Waals surface area contributed by atoms with E-state index in [2.05, 4.69) is 43.0 Å². The SMILES string of the molecule is Cc1cnnc2nnc(I)cc12. The monoisotopic (exact) mass is 272 g/mol. The summed E-state index contributed by atoms with van der Waals surface area (Å²) in [5, 5.41) is 16.5. The molecule has 0 radical (unpaired) electrons. The van der Waals surface area contributed by atoms with Gasteiger partial charge in [-0.25, -0.2) is 0 Å². The Bertz CT molecular complexity index is 429. The smallest absolute Gasteiger partial charge is 0.157 e. The van der Waals surface area contributed by atoms with Gasteiger partial charge in [0.15, 0.2) is 0 Å². The number of aromatic nitrogens is 4. The first-order valence-corrected chi connectivity index (χ1v) is 4.46. The summed E-state index contributed by atoms with van der Waals surface area (Å²) in [5.74, 6) is 0. The van der Waals surface area contributed by atoms with Gasteiger partial charge >= 0.3 is 0 Å². The Labute approximate surface area is 82.6 Å².